The number of nitrogens with zero attached hydrogens (tertiary/aromatic N) is 2. The van der Waals surface area contributed by atoms with Gasteiger partial charge in [-0.15, -0.1) is 6.58 Å². The van der Waals surface area contributed by atoms with Gasteiger partial charge in [0.05, 0.1) is 28.4 Å². The van der Waals surface area contributed by atoms with Crippen molar-refractivity contribution in [3.63, 3.8) is 0 Å². The zero-order chi connectivity index (χ0) is 22.4. The Morgan fingerprint density at radius 2 is 1.81 bits per heavy atom. The summed E-state index contributed by atoms with van der Waals surface area (Å²) >= 11 is 5.92. The van der Waals surface area contributed by atoms with Crippen LogP contribution in [0.4, 0.5) is 11.4 Å². The number of halogens is 1. The predicted molar refractivity (Wildman–Crippen MR) is 122 cm³/mol. The third-order valence-corrected chi connectivity index (χ3v) is 6.43. The van der Waals surface area contributed by atoms with Crippen LogP contribution in [0.25, 0.3) is 0 Å². The van der Waals surface area contributed by atoms with Crippen LogP contribution >= 0.6 is 11.6 Å². The molecule has 0 aromatic heterocycles. The van der Waals surface area contributed by atoms with Gasteiger partial charge in [-0.2, -0.15) is 5.26 Å². The van der Waals surface area contributed by atoms with Gasteiger partial charge in [-0.1, -0.05) is 35.9 Å². The number of rotatable bonds is 7. The maximum absolute atomic E-state index is 13.3. The topological polar surface area (TPSA) is 90.3 Å². The summed E-state index contributed by atoms with van der Waals surface area (Å²) < 4.78 is 27.8. The second kappa shape index (κ2) is 9.47. The monoisotopic (exact) mass is 451 g/mol. The summed E-state index contributed by atoms with van der Waals surface area (Å²) in [5.74, 6) is -0.526. The van der Waals surface area contributed by atoms with E-state index in [2.05, 4.69) is 11.9 Å². The Bertz CT molecular complexity index is 1270. The van der Waals surface area contributed by atoms with E-state index < -0.39 is 15.9 Å². The van der Waals surface area contributed by atoms with Gasteiger partial charge >= 0.3 is 0 Å². The molecule has 0 aliphatic carbocycles. The van der Waals surface area contributed by atoms with Crippen LogP contribution in [0.2, 0.25) is 5.02 Å². The van der Waals surface area contributed by atoms with Crippen molar-refractivity contribution in [1.29, 1.82) is 5.26 Å². The number of para-hydroxylation sites is 1. The Kier molecular flexibility index (Phi) is 6.75. The highest BCUT2D eigenvalue weighted by Crippen LogP contribution is 2.26. The van der Waals surface area contributed by atoms with Crippen LogP contribution in [0.1, 0.15) is 15.9 Å². The molecule has 0 saturated carbocycles. The molecule has 0 atom stereocenters. The molecule has 0 spiro atoms. The first kappa shape index (κ1) is 22.1. The minimum atomic E-state index is -3.98. The number of carbonyl (C=O) groups is 1. The van der Waals surface area contributed by atoms with Gasteiger partial charge in [-0.25, -0.2) is 8.42 Å². The van der Waals surface area contributed by atoms with Gasteiger partial charge in [0.1, 0.15) is 6.07 Å². The fourth-order valence-electron chi connectivity index (χ4n) is 2.88. The smallest absolute Gasteiger partial charge is 0.264 e. The van der Waals surface area contributed by atoms with Crippen LogP contribution in [0.15, 0.2) is 90.3 Å². The van der Waals surface area contributed by atoms with E-state index in [1.807, 2.05) is 6.07 Å². The molecule has 3 rings (SSSR count). The van der Waals surface area contributed by atoms with Crippen LogP contribution in [0, 0.1) is 11.3 Å². The molecule has 0 radical (unpaired) electrons. The molecule has 0 aliphatic heterocycles. The lowest BCUT2D eigenvalue weighted by Crippen LogP contribution is -2.31. The molecule has 31 heavy (non-hydrogen) atoms. The fourth-order valence-corrected chi connectivity index (χ4v) is 4.48. The summed E-state index contributed by atoms with van der Waals surface area (Å²) in [6.45, 7) is 3.67. The molecule has 156 valence electrons. The number of hydrogen-bond donors (Lipinski definition) is 1. The van der Waals surface area contributed by atoms with Gasteiger partial charge in [0.2, 0.25) is 0 Å². The molecule has 8 heteroatoms. The van der Waals surface area contributed by atoms with Gasteiger partial charge in [0.15, 0.2) is 0 Å². The van der Waals surface area contributed by atoms with Crippen LogP contribution in [0.3, 0.4) is 0 Å². The zero-order valence-electron chi connectivity index (χ0n) is 16.3. The molecule has 3 aromatic rings. The molecule has 0 heterocycles. The second-order valence-electron chi connectivity index (χ2n) is 6.44. The molecule has 0 unspecified atom stereocenters. The van der Waals surface area contributed by atoms with E-state index in [1.165, 1.54) is 34.6 Å². The van der Waals surface area contributed by atoms with Gasteiger partial charge in [-0.05, 0) is 54.6 Å². The predicted octanol–water partition coefficient (Wildman–Crippen LogP) is 4.85. The normalized spacial score (nSPS) is 10.7. The molecule has 1 amide bonds. The maximum atomic E-state index is 13.3. The Morgan fingerprint density at radius 1 is 1.10 bits per heavy atom. The van der Waals surface area contributed by atoms with Gasteiger partial charge < -0.3 is 5.32 Å². The summed E-state index contributed by atoms with van der Waals surface area (Å²) in [5, 5.41) is 12.3. The lowest BCUT2D eigenvalue weighted by Gasteiger charge is -2.23. The van der Waals surface area contributed by atoms with Crippen molar-refractivity contribution in [2.45, 2.75) is 4.90 Å². The number of benzene rings is 3. The largest absolute Gasteiger partial charge is 0.321 e. The number of hydrogen-bond acceptors (Lipinski definition) is 4. The van der Waals surface area contributed by atoms with Crippen molar-refractivity contribution in [2.75, 3.05) is 16.2 Å². The van der Waals surface area contributed by atoms with Crippen LogP contribution in [0.5, 0.6) is 0 Å². The Labute approximate surface area is 186 Å². The van der Waals surface area contributed by atoms with Crippen molar-refractivity contribution in [2.24, 2.45) is 0 Å². The molecular formula is C23H18ClN3O3S. The number of anilines is 2. The van der Waals surface area contributed by atoms with E-state index in [0.717, 1.165) is 0 Å². The average molecular weight is 452 g/mol. The highest BCUT2D eigenvalue weighted by molar-refractivity contribution is 7.92. The lowest BCUT2D eigenvalue weighted by molar-refractivity contribution is 0.102. The first-order valence-corrected chi connectivity index (χ1v) is 11.0. The SMILES string of the molecule is C=CCN(c1ccc(Cl)cc1)S(=O)(=O)c1cccc(C(=O)Nc2ccccc2C#N)c1. The van der Waals surface area contributed by atoms with Crippen LogP contribution < -0.4 is 9.62 Å². The molecular weight excluding hydrogens is 434 g/mol. The van der Waals surface area contributed by atoms with E-state index >= 15 is 0 Å². The third-order valence-electron chi connectivity index (χ3n) is 4.39. The van der Waals surface area contributed by atoms with E-state index in [1.54, 1.807) is 48.5 Å². The fraction of sp³-hybridized carbons (Fsp3) is 0.0435. The number of amides is 1. The standard InChI is InChI=1S/C23H18ClN3O3S/c1-2-14-27(20-12-10-19(24)11-13-20)31(29,30)21-8-5-7-17(15-21)23(28)26-22-9-4-3-6-18(22)16-25/h2-13,15H,1,14H2,(H,26,28). The number of nitrogens with one attached hydrogen (secondary N) is 1. The van der Waals surface area contributed by atoms with Crippen molar-refractivity contribution >= 4 is 38.9 Å². The Morgan fingerprint density at radius 3 is 2.48 bits per heavy atom. The summed E-state index contributed by atoms with van der Waals surface area (Å²) in [7, 11) is -3.98. The second-order valence-corrected chi connectivity index (χ2v) is 8.74. The number of sulfonamides is 1. The summed E-state index contributed by atoms with van der Waals surface area (Å²) in [6.07, 6.45) is 1.47. The first-order valence-electron chi connectivity index (χ1n) is 9.16. The third kappa shape index (κ3) is 4.94. The van der Waals surface area contributed by atoms with Crippen molar-refractivity contribution in [1.82, 2.24) is 0 Å². The van der Waals surface area contributed by atoms with E-state index in [4.69, 9.17) is 11.6 Å². The Balaban J connectivity index is 1.95. The summed E-state index contributed by atoms with van der Waals surface area (Å²) in [5.41, 5.74) is 1.21. The molecule has 0 aliphatic rings. The number of nitriles is 1. The highest BCUT2D eigenvalue weighted by atomic mass is 35.5. The minimum absolute atomic E-state index is 0.0376. The average Bonchev–Trinajstić information content (AvgIpc) is 2.78. The maximum Gasteiger partial charge on any atom is 0.264 e. The molecule has 1 N–H and O–H groups in total. The van der Waals surface area contributed by atoms with Crippen molar-refractivity contribution in [3.8, 4) is 6.07 Å². The molecule has 0 saturated heterocycles. The van der Waals surface area contributed by atoms with E-state index in [-0.39, 0.29) is 17.0 Å². The molecule has 0 fully saturated rings. The van der Waals surface area contributed by atoms with Crippen molar-refractivity contribution in [3.05, 3.63) is 102 Å². The Hall–Kier alpha value is -3.60. The lowest BCUT2D eigenvalue weighted by atomic mass is 10.1. The summed E-state index contributed by atoms with van der Waals surface area (Å²) in [6, 6.07) is 20.7. The minimum Gasteiger partial charge on any atom is -0.321 e. The van der Waals surface area contributed by atoms with E-state index in [9.17, 15) is 18.5 Å². The number of carbonyl (C=O) groups excluding carboxylic acids is 1. The van der Waals surface area contributed by atoms with Gasteiger partial charge in [-0.3, -0.25) is 9.10 Å². The van der Waals surface area contributed by atoms with Crippen LogP contribution in [-0.2, 0) is 10.0 Å². The van der Waals surface area contributed by atoms with Gasteiger partial charge in [0, 0.05) is 10.6 Å². The van der Waals surface area contributed by atoms with Crippen molar-refractivity contribution < 1.29 is 13.2 Å². The highest BCUT2D eigenvalue weighted by Gasteiger charge is 2.25. The quantitative estimate of drug-likeness (QED) is 0.520. The molecule has 0 bridgehead atoms. The van der Waals surface area contributed by atoms with Crippen LogP contribution in [-0.4, -0.2) is 20.9 Å². The van der Waals surface area contributed by atoms with Gasteiger partial charge in [0.25, 0.3) is 15.9 Å². The molecule has 3 aromatic carbocycles. The zero-order valence-corrected chi connectivity index (χ0v) is 17.9. The van der Waals surface area contributed by atoms with E-state index in [0.29, 0.717) is 22.0 Å². The molecule has 6 nitrogen and oxygen atoms in total. The summed E-state index contributed by atoms with van der Waals surface area (Å²) in [4.78, 5) is 12.7. The first-order chi connectivity index (χ1) is 14.9.